The van der Waals surface area contributed by atoms with Crippen LogP contribution in [0.5, 0.6) is 0 Å². The van der Waals surface area contributed by atoms with Crippen LogP contribution < -0.4 is 0 Å². The van der Waals surface area contributed by atoms with E-state index in [1.807, 2.05) is 36.5 Å². The van der Waals surface area contributed by atoms with Gasteiger partial charge in [0.1, 0.15) is 0 Å². The maximum absolute atomic E-state index is 2.82. The van der Waals surface area contributed by atoms with Crippen LogP contribution in [0, 0.1) is 11.8 Å². The van der Waals surface area contributed by atoms with Gasteiger partial charge in [-0.3, -0.25) is 0 Å². The lowest BCUT2D eigenvalue weighted by Crippen LogP contribution is -1.56. The van der Waals surface area contributed by atoms with E-state index in [0.717, 1.165) is 0 Å². The van der Waals surface area contributed by atoms with Gasteiger partial charge in [0.15, 0.2) is 0 Å². The molecule has 1 aliphatic carbocycles. The van der Waals surface area contributed by atoms with E-state index in [2.05, 4.69) is 11.8 Å². The molecule has 0 bridgehead atoms. The molecule has 0 saturated heterocycles. The summed E-state index contributed by atoms with van der Waals surface area (Å²) in [5, 5.41) is 0. The van der Waals surface area contributed by atoms with Gasteiger partial charge in [0.2, 0.25) is 0 Å². The van der Waals surface area contributed by atoms with Crippen molar-refractivity contribution in [3.8, 4) is 11.8 Å². The molecule has 0 atom stereocenters. The second-order valence-corrected chi connectivity index (χ2v) is 1.39. The quantitative estimate of drug-likeness (QED) is 0.408. The summed E-state index contributed by atoms with van der Waals surface area (Å²) in [7, 11) is 0. The first-order chi connectivity index (χ1) is 4.00. The summed E-state index contributed by atoms with van der Waals surface area (Å²) >= 11 is 0. The highest BCUT2D eigenvalue weighted by Gasteiger charge is 1.63. The van der Waals surface area contributed by atoms with Crippen molar-refractivity contribution < 1.29 is 0 Å². The van der Waals surface area contributed by atoms with Crippen LogP contribution in [0.25, 0.3) is 0 Å². The SMILES string of the molecule is C1#C/C=C/C=C\C=C\1. The molecule has 0 N–H and O–H groups in total. The zero-order valence-electron chi connectivity index (χ0n) is 4.46. The highest BCUT2D eigenvalue weighted by atomic mass is 13.7. The summed E-state index contributed by atoms with van der Waals surface area (Å²) < 4.78 is 0. The Balaban J connectivity index is 2.76. The predicted molar refractivity (Wildman–Crippen MR) is 35.2 cm³/mol. The van der Waals surface area contributed by atoms with Gasteiger partial charge in [0, 0.05) is 0 Å². The zero-order valence-corrected chi connectivity index (χ0v) is 4.46. The second-order valence-electron chi connectivity index (χ2n) is 1.39. The van der Waals surface area contributed by atoms with E-state index in [9.17, 15) is 0 Å². The molecule has 0 spiro atoms. The van der Waals surface area contributed by atoms with Crippen LogP contribution in [0.4, 0.5) is 0 Å². The molecule has 0 heterocycles. The van der Waals surface area contributed by atoms with Crippen LogP contribution in [0.15, 0.2) is 36.5 Å². The van der Waals surface area contributed by atoms with Crippen LogP contribution in [-0.4, -0.2) is 0 Å². The van der Waals surface area contributed by atoms with Crippen LogP contribution >= 0.6 is 0 Å². The molecular weight excluding hydrogens is 96.1 g/mol. The van der Waals surface area contributed by atoms with Gasteiger partial charge in [-0.15, -0.1) is 0 Å². The van der Waals surface area contributed by atoms with E-state index in [1.54, 1.807) is 0 Å². The van der Waals surface area contributed by atoms with Crippen molar-refractivity contribution in [3.63, 3.8) is 0 Å². The van der Waals surface area contributed by atoms with Crippen molar-refractivity contribution in [3.05, 3.63) is 36.5 Å². The van der Waals surface area contributed by atoms with Crippen LogP contribution in [0.2, 0.25) is 0 Å². The normalized spacial score (nSPS) is 26.0. The van der Waals surface area contributed by atoms with Gasteiger partial charge < -0.3 is 0 Å². The molecule has 0 amide bonds. The summed E-state index contributed by atoms with van der Waals surface area (Å²) in [6, 6.07) is 0. The van der Waals surface area contributed by atoms with E-state index in [1.165, 1.54) is 0 Å². The summed E-state index contributed by atoms with van der Waals surface area (Å²) in [4.78, 5) is 0. The summed E-state index contributed by atoms with van der Waals surface area (Å²) in [5.74, 6) is 5.64. The lowest BCUT2D eigenvalue weighted by Gasteiger charge is -1.73. The lowest BCUT2D eigenvalue weighted by atomic mass is 10.3. The lowest BCUT2D eigenvalue weighted by molar-refractivity contribution is 1.89. The first kappa shape index (κ1) is 4.93. The Morgan fingerprint density at radius 2 is 1.12 bits per heavy atom. The fourth-order valence-corrected chi connectivity index (χ4v) is 0.432. The van der Waals surface area contributed by atoms with Crippen LogP contribution in [0.1, 0.15) is 0 Å². The fraction of sp³-hybridized carbons (Fsp3) is 0. The van der Waals surface area contributed by atoms with Gasteiger partial charge >= 0.3 is 0 Å². The maximum atomic E-state index is 2.82. The molecule has 0 aromatic carbocycles. The molecule has 0 nitrogen and oxygen atoms in total. The molecule has 0 aromatic heterocycles. The molecule has 0 radical (unpaired) electrons. The Morgan fingerprint density at radius 3 is 1.62 bits per heavy atom. The van der Waals surface area contributed by atoms with Gasteiger partial charge in [-0.25, -0.2) is 0 Å². The van der Waals surface area contributed by atoms with Crippen molar-refractivity contribution in [1.29, 1.82) is 0 Å². The summed E-state index contributed by atoms with van der Waals surface area (Å²) in [6.45, 7) is 0. The van der Waals surface area contributed by atoms with E-state index in [-0.39, 0.29) is 0 Å². The minimum absolute atomic E-state index is 1.82. The molecule has 0 heteroatoms. The van der Waals surface area contributed by atoms with Crippen molar-refractivity contribution in [1.82, 2.24) is 0 Å². The molecule has 0 unspecified atom stereocenters. The van der Waals surface area contributed by atoms with Gasteiger partial charge in [-0.2, -0.15) is 0 Å². The van der Waals surface area contributed by atoms with Crippen LogP contribution in [0.3, 0.4) is 0 Å². The Hall–Kier alpha value is -1.22. The van der Waals surface area contributed by atoms with E-state index < -0.39 is 0 Å². The van der Waals surface area contributed by atoms with E-state index in [4.69, 9.17) is 0 Å². The Bertz CT molecular complexity index is 174. The molecule has 38 valence electrons. The fourth-order valence-electron chi connectivity index (χ4n) is 0.432. The third kappa shape index (κ3) is 1.49. The van der Waals surface area contributed by atoms with Gasteiger partial charge in [-0.1, -0.05) is 36.1 Å². The largest absolute Gasteiger partial charge is 0.0702 e. The van der Waals surface area contributed by atoms with Crippen LogP contribution in [-0.2, 0) is 0 Å². The van der Waals surface area contributed by atoms with Crippen molar-refractivity contribution in [2.75, 3.05) is 0 Å². The smallest absolute Gasteiger partial charge is 0.0115 e. The Labute approximate surface area is 49.2 Å². The highest BCUT2D eigenvalue weighted by Crippen LogP contribution is 1.81. The maximum Gasteiger partial charge on any atom is -0.0115 e. The van der Waals surface area contributed by atoms with Gasteiger partial charge in [0.05, 0.1) is 0 Å². The first-order valence-electron chi connectivity index (χ1n) is 2.49. The number of hydrogen-bond acceptors (Lipinski definition) is 0. The van der Waals surface area contributed by atoms with Gasteiger partial charge in [0.25, 0.3) is 0 Å². The number of allylic oxidation sites excluding steroid dienone is 6. The monoisotopic (exact) mass is 102 g/mol. The Kier molecular flexibility index (Phi) is 1.77. The van der Waals surface area contributed by atoms with Crippen molar-refractivity contribution in [2.45, 2.75) is 0 Å². The Morgan fingerprint density at radius 1 is 0.625 bits per heavy atom. The summed E-state index contributed by atoms with van der Waals surface area (Å²) in [5.41, 5.74) is 0. The molecular formula is C8H6. The third-order valence-corrected chi connectivity index (χ3v) is 0.776. The topological polar surface area (TPSA) is 0 Å². The zero-order chi connectivity index (χ0) is 5.66. The third-order valence-electron chi connectivity index (χ3n) is 0.776. The van der Waals surface area contributed by atoms with E-state index in [0.29, 0.717) is 0 Å². The predicted octanol–water partition coefficient (Wildman–Crippen LogP) is 1.67. The molecule has 0 aliphatic heterocycles. The minimum Gasteiger partial charge on any atom is -0.0702 e. The second kappa shape index (κ2) is 2.87. The molecule has 0 fully saturated rings. The first-order valence-corrected chi connectivity index (χ1v) is 2.49. The molecule has 1 aliphatic rings. The molecule has 8 heavy (non-hydrogen) atoms. The number of hydrogen-bond donors (Lipinski definition) is 0. The average Bonchev–Trinajstić information content (AvgIpc) is 1.62. The van der Waals surface area contributed by atoms with Gasteiger partial charge in [-0.05, 0) is 12.2 Å². The van der Waals surface area contributed by atoms with E-state index >= 15 is 0 Å². The van der Waals surface area contributed by atoms with Crippen molar-refractivity contribution in [2.24, 2.45) is 0 Å². The standard InChI is InChI=1S/C8H6/c1-2-4-6-8-7-5-3-1/h1-6H/b2-1-,3-1?,4-2?,5-3+,6-4+. The number of rotatable bonds is 0. The average molecular weight is 102 g/mol. The minimum atomic E-state index is 1.82. The van der Waals surface area contributed by atoms with Crippen molar-refractivity contribution >= 4 is 0 Å². The molecule has 1 rings (SSSR count). The summed E-state index contributed by atoms with van der Waals surface area (Å²) in [6.07, 6.45) is 11.4. The highest BCUT2D eigenvalue weighted by molar-refractivity contribution is 5.30. The molecule has 0 aromatic rings. The molecule has 0 saturated carbocycles.